The molecule has 0 aliphatic heterocycles. The molecule has 0 aliphatic rings. The highest BCUT2D eigenvalue weighted by Gasteiger charge is 2.26. The number of aromatic carboxylic acids is 1. The molecule has 5 aromatic rings. The molecule has 44 heavy (non-hydrogen) atoms. The van der Waals surface area contributed by atoms with E-state index in [9.17, 15) is 18.3 Å². The van der Waals surface area contributed by atoms with Crippen molar-refractivity contribution in [3.05, 3.63) is 136 Å². The van der Waals surface area contributed by atoms with E-state index in [0.717, 1.165) is 33.3 Å². The number of sulfonamides is 1. The maximum Gasteiger partial charge on any atom is 0.335 e. The molecule has 0 amide bonds. The summed E-state index contributed by atoms with van der Waals surface area (Å²) in [6.45, 7) is 0.376. The van der Waals surface area contributed by atoms with E-state index in [1.54, 1.807) is 18.2 Å². The number of rotatable bonds is 13. The van der Waals surface area contributed by atoms with E-state index in [-0.39, 0.29) is 24.8 Å². The van der Waals surface area contributed by atoms with E-state index in [0.29, 0.717) is 23.6 Å². The molecule has 2 N–H and O–H groups in total. The smallest absolute Gasteiger partial charge is 0.335 e. The van der Waals surface area contributed by atoms with Gasteiger partial charge in [0.05, 0.1) is 24.3 Å². The van der Waals surface area contributed by atoms with Crippen molar-refractivity contribution in [2.75, 3.05) is 18.9 Å². The van der Waals surface area contributed by atoms with Crippen molar-refractivity contribution >= 4 is 38.5 Å². The number of fused-ring (bicyclic) bond motifs is 1. The average molecular weight is 628 g/mol. The zero-order valence-electron chi connectivity index (χ0n) is 23.7. The van der Waals surface area contributed by atoms with Gasteiger partial charge in [-0.3, -0.25) is 0 Å². The van der Waals surface area contributed by atoms with Gasteiger partial charge < -0.3 is 14.4 Å². The van der Waals surface area contributed by atoms with Crippen molar-refractivity contribution in [2.24, 2.45) is 0 Å². The van der Waals surface area contributed by atoms with Crippen LogP contribution in [0.4, 0.5) is 0 Å². The lowest BCUT2D eigenvalue weighted by Gasteiger charge is -2.25. The molecule has 0 radical (unpaired) electrons. The number of hydrogen-bond donors (Lipinski definition) is 2. The Labute approximate surface area is 261 Å². The summed E-state index contributed by atoms with van der Waals surface area (Å²) in [6.07, 6.45) is 0.816. The summed E-state index contributed by atoms with van der Waals surface area (Å²) in [7, 11) is -3.76. The van der Waals surface area contributed by atoms with Gasteiger partial charge in [0.1, 0.15) is 5.75 Å². The van der Waals surface area contributed by atoms with Gasteiger partial charge in [0, 0.05) is 41.0 Å². The van der Waals surface area contributed by atoms with E-state index < -0.39 is 21.7 Å². The molecule has 4 aromatic carbocycles. The van der Waals surface area contributed by atoms with Gasteiger partial charge in [0.25, 0.3) is 0 Å². The first-order valence-corrected chi connectivity index (χ1v) is 16.0. The van der Waals surface area contributed by atoms with Crippen LogP contribution in [0.1, 0.15) is 38.8 Å². The third kappa shape index (κ3) is 7.12. The van der Waals surface area contributed by atoms with Crippen LogP contribution in [-0.4, -0.2) is 43.0 Å². The van der Waals surface area contributed by atoms with Crippen molar-refractivity contribution in [1.82, 2.24) is 9.29 Å². The Morgan fingerprint density at radius 3 is 2.16 bits per heavy atom. The Bertz CT molecular complexity index is 1860. The van der Waals surface area contributed by atoms with Crippen LogP contribution in [0.25, 0.3) is 10.9 Å². The summed E-state index contributed by atoms with van der Waals surface area (Å²) in [4.78, 5) is 11.2. The van der Waals surface area contributed by atoms with Crippen LogP contribution in [0, 0.1) is 11.3 Å². The van der Waals surface area contributed by atoms with Crippen LogP contribution in [0.15, 0.2) is 103 Å². The molecule has 0 bridgehead atoms. The first-order valence-electron chi connectivity index (χ1n) is 14.0. The monoisotopic (exact) mass is 627 g/mol. The van der Waals surface area contributed by atoms with Crippen molar-refractivity contribution in [3.8, 4) is 11.8 Å². The highest BCUT2D eigenvalue weighted by atomic mass is 35.5. The van der Waals surface area contributed by atoms with Gasteiger partial charge in [0.2, 0.25) is 10.0 Å². The number of aromatic nitrogens is 1. The second-order valence-electron chi connectivity index (χ2n) is 10.2. The van der Waals surface area contributed by atoms with Crippen molar-refractivity contribution in [1.29, 1.82) is 5.26 Å². The second-order valence-corrected chi connectivity index (χ2v) is 12.4. The van der Waals surface area contributed by atoms with Gasteiger partial charge in [-0.25, -0.2) is 17.9 Å². The van der Waals surface area contributed by atoms with Crippen LogP contribution in [0.2, 0.25) is 5.02 Å². The van der Waals surface area contributed by atoms with Gasteiger partial charge in [-0.2, -0.15) is 5.26 Å². The van der Waals surface area contributed by atoms with E-state index in [2.05, 4.69) is 33.6 Å². The normalized spacial score (nSPS) is 11.5. The van der Waals surface area contributed by atoms with Gasteiger partial charge in [0.15, 0.2) is 5.75 Å². The molecule has 0 unspecified atom stereocenters. The number of hydrogen-bond acceptors (Lipinski definition) is 5. The summed E-state index contributed by atoms with van der Waals surface area (Å²) in [6, 6.07) is 33.6. The summed E-state index contributed by atoms with van der Waals surface area (Å²) >= 11 is 6.52. The van der Waals surface area contributed by atoms with Crippen LogP contribution >= 0.6 is 11.6 Å². The maximum atomic E-state index is 12.4. The largest absolute Gasteiger partial charge is 0.493 e. The van der Waals surface area contributed by atoms with E-state index in [1.165, 1.54) is 12.1 Å². The fourth-order valence-corrected chi connectivity index (χ4v) is 6.30. The summed E-state index contributed by atoms with van der Waals surface area (Å²) in [5, 5.41) is 19.7. The van der Waals surface area contributed by atoms with E-state index >= 15 is 0 Å². The third-order valence-corrected chi connectivity index (χ3v) is 8.72. The second kappa shape index (κ2) is 13.8. The highest BCUT2D eigenvalue weighted by molar-refractivity contribution is 7.89. The van der Waals surface area contributed by atoms with Crippen LogP contribution in [0.5, 0.6) is 5.75 Å². The van der Waals surface area contributed by atoms with Crippen LogP contribution in [-0.2, 0) is 22.9 Å². The number of nitrogens with one attached hydrogen (secondary N) is 1. The van der Waals surface area contributed by atoms with Gasteiger partial charge >= 0.3 is 5.97 Å². The number of carboxylic acid groups (broad SMARTS) is 1. The zero-order valence-corrected chi connectivity index (χ0v) is 25.3. The number of nitrogens with zero attached hydrogens (tertiary/aromatic N) is 2. The first kappa shape index (κ1) is 30.8. The molecule has 5 rings (SSSR count). The van der Waals surface area contributed by atoms with Crippen LogP contribution < -0.4 is 9.46 Å². The lowest BCUT2D eigenvalue weighted by Crippen LogP contribution is -2.29. The fourth-order valence-electron chi connectivity index (χ4n) is 5.44. The molecule has 1 heterocycles. The van der Waals surface area contributed by atoms with Crippen molar-refractivity contribution in [3.63, 3.8) is 0 Å². The number of ether oxygens (including phenoxy) is 1. The van der Waals surface area contributed by atoms with Crippen LogP contribution in [0.3, 0.4) is 0 Å². The van der Waals surface area contributed by atoms with E-state index in [1.807, 2.05) is 54.6 Å². The predicted octanol–water partition coefficient (Wildman–Crippen LogP) is 6.24. The SMILES string of the molecule is N#CCS(=O)(=O)NCCc1c(CCOc2ccc(C(=O)O)cc2)c2cc(Cl)ccc2n1C(c1ccccc1)c1ccccc1. The Morgan fingerprint density at radius 1 is 0.932 bits per heavy atom. The van der Waals surface area contributed by atoms with Gasteiger partial charge in [-0.15, -0.1) is 0 Å². The molecule has 1 aromatic heterocycles. The fraction of sp³-hybridized carbons (Fsp3) is 0.176. The molecular weight excluding hydrogens is 598 g/mol. The Balaban J connectivity index is 1.61. The number of carboxylic acids is 1. The Morgan fingerprint density at radius 2 is 1.57 bits per heavy atom. The van der Waals surface area contributed by atoms with Gasteiger partial charge in [-0.05, 0) is 59.2 Å². The quantitative estimate of drug-likeness (QED) is 0.159. The predicted molar refractivity (Wildman–Crippen MR) is 171 cm³/mol. The molecule has 0 saturated heterocycles. The minimum Gasteiger partial charge on any atom is -0.493 e. The molecule has 10 heteroatoms. The first-order chi connectivity index (χ1) is 21.3. The molecule has 0 spiro atoms. The maximum absolute atomic E-state index is 12.4. The number of benzene rings is 4. The third-order valence-electron chi connectivity index (χ3n) is 7.33. The lowest BCUT2D eigenvalue weighted by molar-refractivity contribution is 0.0697. The Hall–Kier alpha value is -4.62. The number of carbonyl (C=O) groups is 1. The average Bonchev–Trinajstić information content (AvgIpc) is 3.30. The van der Waals surface area contributed by atoms with E-state index in [4.69, 9.17) is 21.6 Å². The van der Waals surface area contributed by atoms with Crippen molar-refractivity contribution < 1.29 is 23.1 Å². The molecule has 0 fully saturated rings. The highest BCUT2D eigenvalue weighted by Crippen LogP contribution is 2.37. The molecular formula is C34H30ClN3O5S. The minimum atomic E-state index is -3.76. The molecule has 0 atom stereocenters. The summed E-state index contributed by atoms with van der Waals surface area (Å²) in [5.41, 5.74) is 5.08. The van der Waals surface area contributed by atoms with Gasteiger partial charge in [-0.1, -0.05) is 72.3 Å². The number of nitriles is 1. The molecule has 0 aliphatic carbocycles. The molecule has 0 saturated carbocycles. The Kier molecular flexibility index (Phi) is 9.65. The zero-order chi connectivity index (χ0) is 31.1. The summed E-state index contributed by atoms with van der Waals surface area (Å²) < 4.78 is 35.6. The lowest BCUT2D eigenvalue weighted by atomic mass is 9.97. The summed E-state index contributed by atoms with van der Waals surface area (Å²) in [5.74, 6) is -1.10. The number of halogens is 1. The minimum absolute atomic E-state index is 0.0921. The molecule has 224 valence electrons. The topological polar surface area (TPSA) is 121 Å². The molecule has 8 nitrogen and oxygen atoms in total. The van der Waals surface area contributed by atoms with Crippen molar-refractivity contribution in [2.45, 2.75) is 18.9 Å². The standard InChI is InChI=1S/C34H30ClN3O5S/c35-27-13-16-31-30(23-27)29(18-21-43-28-14-11-26(12-15-28)34(39)40)32(17-20-37-44(41,42)22-19-36)38(31)33(24-7-3-1-4-8-24)25-9-5-2-6-10-25/h1-16,23,33,37H,17-18,20-22H2,(H,39,40).